The molecule has 2 saturated carbocycles. The molecular weight excluding hydrogens is 288 g/mol. The van der Waals surface area contributed by atoms with Gasteiger partial charge in [0, 0.05) is 6.42 Å². The van der Waals surface area contributed by atoms with Crippen molar-refractivity contribution in [3.05, 3.63) is 12.2 Å². The SMILES string of the molecule is C=C1CC[C@H]2C(C)(C)[C@@H](O)CC[C@]2(C)[C@H]1CCC1(C)OCCO1. The molecule has 3 fully saturated rings. The Labute approximate surface area is 141 Å². The molecule has 0 amide bonds. The lowest BCUT2D eigenvalue weighted by Crippen LogP contribution is -2.54. The fourth-order valence-electron chi connectivity index (χ4n) is 5.81. The molecule has 1 N–H and O–H groups in total. The largest absolute Gasteiger partial charge is 0.393 e. The van der Waals surface area contributed by atoms with Gasteiger partial charge in [0.25, 0.3) is 0 Å². The molecule has 0 spiro atoms. The summed E-state index contributed by atoms with van der Waals surface area (Å²) in [5.74, 6) is 0.665. The van der Waals surface area contributed by atoms with Crippen molar-refractivity contribution in [2.45, 2.75) is 78.1 Å². The molecule has 2 aliphatic carbocycles. The fourth-order valence-corrected chi connectivity index (χ4v) is 5.81. The van der Waals surface area contributed by atoms with E-state index in [2.05, 4.69) is 34.3 Å². The van der Waals surface area contributed by atoms with E-state index in [1.807, 2.05) is 0 Å². The van der Waals surface area contributed by atoms with Crippen LogP contribution in [0.1, 0.15) is 66.2 Å². The maximum atomic E-state index is 10.5. The van der Waals surface area contributed by atoms with Gasteiger partial charge >= 0.3 is 0 Å². The van der Waals surface area contributed by atoms with Gasteiger partial charge in [0.1, 0.15) is 0 Å². The van der Waals surface area contributed by atoms with Crippen LogP contribution in [0.4, 0.5) is 0 Å². The van der Waals surface area contributed by atoms with Crippen molar-refractivity contribution in [3.8, 4) is 0 Å². The molecule has 3 aliphatic rings. The quantitative estimate of drug-likeness (QED) is 0.787. The van der Waals surface area contributed by atoms with E-state index in [0.29, 0.717) is 25.0 Å². The van der Waals surface area contributed by atoms with E-state index in [4.69, 9.17) is 9.47 Å². The summed E-state index contributed by atoms with van der Waals surface area (Å²) in [5.41, 5.74) is 1.64. The molecule has 0 radical (unpaired) electrons. The van der Waals surface area contributed by atoms with Gasteiger partial charge in [0.2, 0.25) is 0 Å². The second kappa shape index (κ2) is 5.86. The predicted molar refractivity (Wildman–Crippen MR) is 92.0 cm³/mol. The zero-order valence-corrected chi connectivity index (χ0v) is 15.4. The fraction of sp³-hybridized carbons (Fsp3) is 0.900. The van der Waals surface area contributed by atoms with Gasteiger partial charge in [-0.3, -0.25) is 0 Å². The number of aliphatic hydroxyl groups is 1. The zero-order chi connectivity index (χ0) is 16.9. The van der Waals surface area contributed by atoms with E-state index >= 15 is 0 Å². The van der Waals surface area contributed by atoms with Crippen molar-refractivity contribution in [2.75, 3.05) is 13.2 Å². The highest BCUT2D eigenvalue weighted by molar-refractivity contribution is 5.17. The smallest absolute Gasteiger partial charge is 0.165 e. The average molecular weight is 322 g/mol. The average Bonchev–Trinajstić information content (AvgIpc) is 2.90. The third-order valence-corrected chi connectivity index (χ3v) is 7.34. The van der Waals surface area contributed by atoms with Crippen LogP contribution in [0.15, 0.2) is 12.2 Å². The van der Waals surface area contributed by atoms with Crippen LogP contribution >= 0.6 is 0 Å². The Morgan fingerprint density at radius 3 is 2.43 bits per heavy atom. The molecule has 1 aliphatic heterocycles. The summed E-state index contributed by atoms with van der Waals surface area (Å²) in [7, 11) is 0. The molecule has 0 bridgehead atoms. The Morgan fingerprint density at radius 2 is 1.78 bits per heavy atom. The number of fused-ring (bicyclic) bond motifs is 1. The first kappa shape index (κ1) is 17.4. The first-order valence-electron chi connectivity index (χ1n) is 9.33. The van der Waals surface area contributed by atoms with Gasteiger partial charge in [-0.25, -0.2) is 0 Å². The molecule has 0 aromatic carbocycles. The molecule has 23 heavy (non-hydrogen) atoms. The third kappa shape index (κ3) is 2.89. The second-order valence-electron chi connectivity index (χ2n) is 9.05. The Hall–Kier alpha value is -0.380. The highest BCUT2D eigenvalue weighted by atomic mass is 16.7. The van der Waals surface area contributed by atoms with Crippen molar-refractivity contribution in [1.29, 1.82) is 0 Å². The molecule has 1 heterocycles. The molecule has 0 unspecified atom stereocenters. The van der Waals surface area contributed by atoms with Crippen LogP contribution in [0.2, 0.25) is 0 Å². The van der Waals surface area contributed by atoms with Crippen LogP contribution in [0, 0.1) is 22.7 Å². The van der Waals surface area contributed by atoms with Crippen molar-refractivity contribution in [3.63, 3.8) is 0 Å². The van der Waals surface area contributed by atoms with Crippen LogP contribution < -0.4 is 0 Å². The molecule has 3 rings (SSSR count). The monoisotopic (exact) mass is 322 g/mol. The molecule has 0 aromatic rings. The minimum absolute atomic E-state index is 0.00376. The van der Waals surface area contributed by atoms with Gasteiger partial charge in [0.15, 0.2) is 5.79 Å². The lowest BCUT2D eigenvalue weighted by atomic mass is 9.46. The van der Waals surface area contributed by atoms with Crippen molar-refractivity contribution in [1.82, 2.24) is 0 Å². The summed E-state index contributed by atoms with van der Waals surface area (Å²) in [6, 6.07) is 0. The zero-order valence-electron chi connectivity index (χ0n) is 15.4. The number of rotatable bonds is 3. The van der Waals surface area contributed by atoms with Crippen molar-refractivity contribution < 1.29 is 14.6 Å². The van der Waals surface area contributed by atoms with Crippen LogP contribution in [0.3, 0.4) is 0 Å². The molecule has 132 valence electrons. The number of ether oxygens (including phenoxy) is 2. The van der Waals surface area contributed by atoms with Gasteiger partial charge < -0.3 is 14.6 Å². The van der Waals surface area contributed by atoms with Gasteiger partial charge in [-0.1, -0.05) is 32.9 Å². The number of aliphatic hydroxyl groups excluding tert-OH is 1. The molecule has 4 atom stereocenters. The summed E-state index contributed by atoms with van der Waals surface area (Å²) in [6.07, 6.45) is 6.11. The Kier molecular flexibility index (Phi) is 4.44. The van der Waals surface area contributed by atoms with Crippen LogP contribution in [0.25, 0.3) is 0 Å². The summed E-state index contributed by atoms with van der Waals surface area (Å²) >= 11 is 0. The normalized spacial score (nSPS) is 42.5. The van der Waals surface area contributed by atoms with Gasteiger partial charge in [-0.15, -0.1) is 0 Å². The maximum Gasteiger partial charge on any atom is 0.165 e. The summed E-state index contributed by atoms with van der Waals surface area (Å²) in [4.78, 5) is 0. The summed E-state index contributed by atoms with van der Waals surface area (Å²) < 4.78 is 11.6. The maximum absolute atomic E-state index is 10.5. The van der Waals surface area contributed by atoms with E-state index < -0.39 is 5.79 Å². The minimum atomic E-state index is -0.409. The first-order valence-corrected chi connectivity index (χ1v) is 9.33. The lowest BCUT2D eigenvalue weighted by molar-refractivity contribution is -0.159. The first-order chi connectivity index (χ1) is 10.7. The lowest BCUT2D eigenvalue weighted by Gasteiger charge is -2.59. The Morgan fingerprint density at radius 1 is 1.13 bits per heavy atom. The molecule has 3 nitrogen and oxygen atoms in total. The van der Waals surface area contributed by atoms with E-state index in [-0.39, 0.29) is 16.9 Å². The minimum Gasteiger partial charge on any atom is -0.393 e. The number of allylic oxidation sites excluding steroid dienone is 1. The highest BCUT2D eigenvalue weighted by Crippen LogP contribution is 2.61. The van der Waals surface area contributed by atoms with Crippen LogP contribution in [-0.4, -0.2) is 30.2 Å². The van der Waals surface area contributed by atoms with Crippen molar-refractivity contribution in [2.24, 2.45) is 22.7 Å². The highest BCUT2D eigenvalue weighted by Gasteiger charge is 2.56. The van der Waals surface area contributed by atoms with Crippen LogP contribution in [0.5, 0.6) is 0 Å². The molecular formula is C20H34O3. The van der Waals surface area contributed by atoms with E-state index in [0.717, 1.165) is 32.1 Å². The van der Waals surface area contributed by atoms with E-state index in [1.54, 1.807) is 0 Å². The van der Waals surface area contributed by atoms with Gasteiger partial charge in [-0.2, -0.15) is 0 Å². The molecule has 3 heteroatoms. The Balaban J connectivity index is 1.79. The standard InChI is InChI=1S/C20H34O3/c1-14-6-7-16-18(2,3)17(21)9-10-19(16,4)15(14)8-11-20(5)22-12-13-23-20/h15-17,21H,1,6-13H2,2-5H3/t15-,16-,17-,19+/m0/s1. The Bertz CT molecular complexity index is 464. The summed E-state index contributed by atoms with van der Waals surface area (Å²) in [6.45, 7) is 14.9. The van der Waals surface area contributed by atoms with E-state index in [9.17, 15) is 5.11 Å². The molecule has 1 saturated heterocycles. The van der Waals surface area contributed by atoms with Crippen molar-refractivity contribution >= 4 is 0 Å². The van der Waals surface area contributed by atoms with Crippen LogP contribution in [-0.2, 0) is 9.47 Å². The van der Waals surface area contributed by atoms with Gasteiger partial charge in [-0.05, 0) is 61.7 Å². The summed E-state index contributed by atoms with van der Waals surface area (Å²) in [5, 5.41) is 10.5. The number of hydrogen-bond acceptors (Lipinski definition) is 3. The van der Waals surface area contributed by atoms with Gasteiger partial charge in [0.05, 0.1) is 19.3 Å². The van der Waals surface area contributed by atoms with E-state index in [1.165, 1.54) is 12.0 Å². The molecule has 0 aromatic heterocycles. The second-order valence-corrected chi connectivity index (χ2v) is 9.05. The predicted octanol–water partition coefficient (Wildman–Crippen LogP) is 4.30. The number of hydrogen-bond donors (Lipinski definition) is 1. The topological polar surface area (TPSA) is 38.7 Å². The third-order valence-electron chi connectivity index (χ3n) is 7.34.